The van der Waals surface area contributed by atoms with Crippen LogP contribution in [0.5, 0.6) is 0 Å². The van der Waals surface area contributed by atoms with Crippen LogP contribution in [0, 0.1) is 0 Å². The van der Waals surface area contributed by atoms with Gasteiger partial charge in [-0.25, -0.2) is 0 Å². The summed E-state index contributed by atoms with van der Waals surface area (Å²) in [5, 5.41) is 9.27. The fraction of sp³-hybridized carbons (Fsp3) is 0.312. The number of rotatable bonds is 4. The standard InChI is InChI=1S/C16H18N2O2S/c17-12-8-14(16(19)20)18(9-12)10-13-6-7-15(21-13)11-4-2-1-3-5-11/h1-7,12,14H,8-10,17H2,(H,19,20)/t12-,14-/m0/s1. The summed E-state index contributed by atoms with van der Waals surface area (Å²) in [5.41, 5.74) is 7.10. The molecule has 1 fully saturated rings. The number of thiophene rings is 1. The van der Waals surface area contributed by atoms with Crippen molar-refractivity contribution < 1.29 is 9.90 Å². The van der Waals surface area contributed by atoms with E-state index in [9.17, 15) is 9.90 Å². The van der Waals surface area contributed by atoms with Crippen LogP contribution in [0.2, 0.25) is 0 Å². The highest BCUT2D eigenvalue weighted by Crippen LogP contribution is 2.30. The highest BCUT2D eigenvalue weighted by molar-refractivity contribution is 7.15. The normalized spacial score (nSPS) is 22.5. The van der Waals surface area contributed by atoms with Gasteiger partial charge in [0.25, 0.3) is 0 Å². The van der Waals surface area contributed by atoms with Gasteiger partial charge < -0.3 is 10.8 Å². The minimum atomic E-state index is -0.775. The number of hydrogen-bond acceptors (Lipinski definition) is 4. The summed E-state index contributed by atoms with van der Waals surface area (Å²) in [5.74, 6) is -0.775. The van der Waals surface area contributed by atoms with Crippen molar-refractivity contribution in [3.8, 4) is 10.4 Å². The molecule has 0 spiro atoms. The summed E-state index contributed by atoms with van der Waals surface area (Å²) >= 11 is 1.71. The van der Waals surface area contributed by atoms with E-state index < -0.39 is 12.0 Å². The first-order chi connectivity index (χ1) is 10.1. The van der Waals surface area contributed by atoms with Crippen LogP contribution in [0.3, 0.4) is 0 Å². The first-order valence-electron chi connectivity index (χ1n) is 7.00. The Kier molecular flexibility index (Phi) is 4.05. The van der Waals surface area contributed by atoms with Crippen LogP contribution in [0.4, 0.5) is 0 Å². The van der Waals surface area contributed by atoms with E-state index in [0.717, 1.165) is 0 Å². The van der Waals surface area contributed by atoms with Crippen molar-refractivity contribution in [3.63, 3.8) is 0 Å². The molecule has 0 saturated carbocycles. The number of carboxylic acids is 1. The fourth-order valence-electron chi connectivity index (χ4n) is 2.79. The second-order valence-corrected chi connectivity index (χ2v) is 6.58. The predicted molar refractivity (Wildman–Crippen MR) is 84.2 cm³/mol. The van der Waals surface area contributed by atoms with Gasteiger partial charge in [-0.05, 0) is 24.1 Å². The lowest BCUT2D eigenvalue weighted by Gasteiger charge is -2.19. The zero-order valence-electron chi connectivity index (χ0n) is 11.6. The Bertz CT molecular complexity index is 626. The lowest BCUT2D eigenvalue weighted by molar-refractivity contribution is -0.142. The Balaban J connectivity index is 1.74. The third kappa shape index (κ3) is 3.15. The van der Waals surface area contributed by atoms with Gasteiger partial charge in [-0.1, -0.05) is 30.3 Å². The van der Waals surface area contributed by atoms with E-state index >= 15 is 0 Å². The molecule has 3 N–H and O–H groups in total. The molecule has 0 radical (unpaired) electrons. The van der Waals surface area contributed by atoms with Gasteiger partial charge in [0.05, 0.1) is 0 Å². The third-order valence-electron chi connectivity index (χ3n) is 3.80. The number of hydrogen-bond donors (Lipinski definition) is 2. The molecule has 110 valence electrons. The van der Waals surface area contributed by atoms with Gasteiger partial charge in [-0.3, -0.25) is 9.69 Å². The summed E-state index contributed by atoms with van der Waals surface area (Å²) in [6.07, 6.45) is 0.534. The molecule has 1 aromatic carbocycles. The number of likely N-dealkylation sites (tertiary alicyclic amines) is 1. The quantitative estimate of drug-likeness (QED) is 0.910. The van der Waals surface area contributed by atoms with Gasteiger partial charge in [0, 0.05) is 28.9 Å². The molecule has 4 nitrogen and oxygen atoms in total. The van der Waals surface area contributed by atoms with Crippen molar-refractivity contribution >= 4 is 17.3 Å². The van der Waals surface area contributed by atoms with Gasteiger partial charge in [0.15, 0.2) is 0 Å². The van der Waals surface area contributed by atoms with E-state index in [-0.39, 0.29) is 6.04 Å². The topological polar surface area (TPSA) is 66.6 Å². The molecule has 0 amide bonds. The largest absolute Gasteiger partial charge is 0.480 e. The zero-order valence-corrected chi connectivity index (χ0v) is 12.4. The van der Waals surface area contributed by atoms with Gasteiger partial charge in [0.1, 0.15) is 6.04 Å². The Morgan fingerprint density at radius 3 is 2.76 bits per heavy atom. The summed E-state index contributed by atoms with van der Waals surface area (Å²) in [6.45, 7) is 1.30. The minimum absolute atomic E-state index is 0.0420. The van der Waals surface area contributed by atoms with Crippen molar-refractivity contribution in [2.75, 3.05) is 6.54 Å². The molecule has 0 unspecified atom stereocenters. The number of carboxylic acid groups (broad SMARTS) is 1. The maximum atomic E-state index is 11.3. The average Bonchev–Trinajstić information content (AvgIpc) is 3.07. The molecule has 1 aliphatic rings. The number of carbonyl (C=O) groups is 1. The van der Waals surface area contributed by atoms with Crippen LogP contribution in [0.15, 0.2) is 42.5 Å². The van der Waals surface area contributed by atoms with Crippen LogP contribution in [-0.4, -0.2) is 34.6 Å². The monoisotopic (exact) mass is 302 g/mol. The molecule has 21 heavy (non-hydrogen) atoms. The van der Waals surface area contributed by atoms with Crippen molar-refractivity contribution in [1.82, 2.24) is 4.90 Å². The predicted octanol–water partition coefficient (Wildman–Crippen LogP) is 2.40. The molecule has 2 heterocycles. The van der Waals surface area contributed by atoms with Crippen LogP contribution in [-0.2, 0) is 11.3 Å². The van der Waals surface area contributed by atoms with Crippen molar-refractivity contribution in [2.45, 2.75) is 25.0 Å². The molecular formula is C16H18N2O2S. The maximum absolute atomic E-state index is 11.3. The fourth-order valence-corrected chi connectivity index (χ4v) is 3.83. The highest BCUT2D eigenvalue weighted by Gasteiger charge is 2.35. The van der Waals surface area contributed by atoms with E-state index in [1.165, 1.54) is 15.3 Å². The van der Waals surface area contributed by atoms with Gasteiger partial charge in [-0.15, -0.1) is 11.3 Å². The Morgan fingerprint density at radius 1 is 1.29 bits per heavy atom. The first kappa shape index (κ1) is 14.3. The Labute approximate surface area is 127 Å². The second kappa shape index (κ2) is 5.97. The van der Waals surface area contributed by atoms with Crippen LogP contribution >= 0.6 is 11.3 Å². The zero-order chi connectivity index (χ0) is 14.8. The van der Waals surface area contributed by atoms with Crippen LogP contribution in [0.1, 0.15) is 11.3 Å². The summed E-state index contributed by atoms with van der Waals surface area (Å²) in [6, 6.07) is 13.9. The molecule has 0 aliphatic carbocycles. The Hall–Kier alpha value is -1.69. The van der Waals surface area contributed by atoms with Gasteiger partial charge >= 0.3 is 5.97 Å². The van der Waals surface area contributed by atoms with Gasteiger partial charge in [-0.2, -0.15) is 0 Å². The summed E-state index contributed by atoms with van der Waals surface area (Å²) in [4.78, 5) is 15.6. The molecule has 1 aliphatic heterocycles. The number of nitrogens with zero attached hydrogens (tertiary/aromatic N) is 1. The number of nitrogens with two attached hydrogens (primary N) is 1. The molecule has 5 heteroatoms. The summed E-state index contributed by atoms with van der Waals surface area (Å²) in [7, 11) is 0. The molecule has 1 saturated heterocycles. The number of aliphatic carboxylic acids is 1. The second-order valence-electron chi connectivity index (χ2n) is 5.41. The third-order valence-corrected chi connectivity index (χ3v) is 4.92. The van der Waals surface area contributed by atoms with E-state index in [2.05, 4.69) is 24.3 Å². The number of benzene rings is 1. The highest BCUT2D eigenvalue weighted by atomic mass is 32.1. The lowest BCUT2D eigenvalue weighted by atomic mass is 10.2. The van der Waals surface area contributed by atoms with Crippen molar-refractivity contribution in [2.24, 2.45) is 5.73 Å². The molecular weight excluding hydrogens is 284 g/mol. The van der Waals surface area contributed by atoms with Crippen molar-refractivity contribution in [1.29, 1.82) is 0 Å². The van der Waals surface area contributed by atoms with E-state index in [1.807, 2.05) is 23.1 Å². The average molecular weight is 302 g/mol. The Morgan fingerprint density at radius 2 is 2.05 bits per heavy atom. The van der Waals surface area contributed by atoms with Crippen LogP contribution in [0.25, 0.3) is 10.4 Å². The van der Waals surface area contributed by atoms with E-state index in [0.29, 0.717) is 19.5 Å². The lowest BCUT2D eigenvalue weighted by Crippen LogP contribution is -2.35. The maximum Gasteiger partial charge on any atom is 0.320 e. The molecule has 2 aromatic rings. The molecule has 3 rings (SSSR count). The molecule has 1 aromatic heterocycles. The van der Waals surface area contributed by atoms with Crippen molar-refractivity contribution in [3.05, 3.63) is 47.3 Å². The summed E-state index contributed by atoms with van der Waals surface area (Å²) < 4.78 is 0. The van der Waals surface area contributed by atoms with Crippen LogP contribution < -0.4 is 5.73 Å². The van der Waals surface area contributed by atoms with E-state index in [1.54, 1.807) is 11.3 Å². The molecule has 2 atom stereocenters. The van der Waals surface area contributed by atoms with Gasteiger partial charge in [0.2, 0.25) is 0 Å². The minimum Gasteiger partial charge on any atom is -0.480 e. The first-order valence-corrected chi connectivity index (χ1v) is 7.81. The molecule has 0 bridgehead atoms. The smallest absolute Gasteiger partial charge is 0.320 e. The van der Waals surface area contributed by atoms with E-state index in [4.69, 9.17) is 5.73 Å². The SMILES string of the molecule is N[C@H]1C[C@@H](C(=O)O)N(Cc2ccc(-c3ccccc3)s2)C1.